The maximum Gasteiger partial charge on any atom is 0.240 e. The normalized spacial score (nSPS) is 12.0. The SMILES string of the molecule is NC(=O)[C@H](Cc1c[nH]c2ccccc12)NC(=O)Cc1ccc(F)cc1. The summed E-state index contributed by atoms with van der Waals surface area (Å²) in [4.78, 5) is 27.1. The Kier molecular flexibility index (Phi) is 4.79. The largest absolute Gasteiger partial charge is 0.368 e. The first kappa shape index (κ1) is 16.7. The molecule has 1 heterocycles. The molecule has 0 saturated heterocycles. The predicted octanol–water partition coefficient (Wildman–Crippen LogP) is 2.06. The second-order valence-electron chi connectivity index (χ2n) is 5.89. The zero-order chi connectivity index (χ0) is 17.8. The summed E-state index contributed by atoms with van der Waals surface area (Å²) in [7, 11) is 0. The number of nitrogens with one attached hydrogen (secondary N) is 2. The molecule has 1 aromatic heterocycles. The summed E-state index contributed by atoms with van der Waals surface area (Å²) in [6.07, 6.45) is 2.17. The van der Waals surface area contributed by atoms with Gasteiger partial charge < -0.3 is 16.0 Å². The standard InChI is InChI=1S/C19H18FN3O2/c20-14-7-5-12(6-8-14)9-18(24)23-17(19(21)25)10-13-11-22-16-4-2-1-3-15(13)16/h1-8,11,17,22H,9-10H2,(H2,21,25)(H,23,24)/t17-/m0/s1. The molecule has 3 aromatic rings. The van der Waals surface area contributed by atoms with E-state index in [2.05, 4.69) is 10.3 Å². The molecule has 2 aromatic carbocycles. The number of carbonyl (C=O) groups excluding carboxylic acids is 2. The zero-order valence-electron chi connectivity index (χ0n) is 13.5. The lowest BCUT2D eigenvalue weighted by Gasteiger charge is -2.15. The van der Waals surface area contributed by atoms with E-state index in [1.807, 2.05) is 30.5 Å². The number of nitrogens with two attached hydrogens (primary N) is 1. The van der Waals surface area contributed by atoms with Crippen LogP contribution < -0.4 is 11.1 Å². The fourth-order valence-electron chi connectivity index (χ4n) is 2.78. The van der Waals surface area contributed by atoms with E-state index in [1.165, 1.54) is 24.3 Å². The van der Waals surface area contributed by atoms with Crippen LogP contribution in [0.25, 0.3) is 10.9 Å². The summed E-state index contributed by atoms with van der Waals surface area (Å²) in [6, 6.07) is 12.5. The summed E-state index contributed by atoms with van der Waals surface area (Å²) in [6.45, 7) is 0. The molecule has 0 aliphatic heterocycles. The summed E-state index contributed by atoms with van der Waals surface area (Å²) in [5.74, 6) is -1.30. The predicted molar refractivity (Wildman–Crippen MR) is 93.2 cm³/mol. The van der Waals surface area contributed by atoms with Gasteiger partial charge in [0.05, 0.1) is 6.42 Å². The number of halogens is 1. The molecular formula is C19H18FN3O2. The Morgan fingerprint density at radius 3 is 2.56 bits per heavy atom. The molecule has 0 fully saturated rings. The van der Waals surface area contributed by atoms with Gasteiger partial charge in [-0.05, 0) is 29.3 Å². The van der Waals surface area contributed by atoms with Crippen LogP contribution in [0.1, 0.15) is 11.1 Å². The highest BCUT2D eigenvalue weighted by Gasteiger charge is 2.20. The average molecular weight is 339 g/mol. The molecule has 4 N–H and O–H groups in total. The topological polar surface area (TPSA) is 88.0 Å². The average Bonchev–Trinajstić information content (AvgIpc) is 2.99. The van der Waals surface area contributed by atoms with Crippen molar-refractivity contribution in [1.82, 2.24) is 10.3 Å². The van der Waals surface area contributed by atoms with Crippen molar-refractivity contribution in [2.24, 2.45) is 5.73 Å². The van der Waals surface area contributed by atoms with Gasteiger partial charge >= 0.3 is 0 Å². The third-order valence-electron chi connectivity index (χ3n) is 4.06. The summed E-state index contributed by atoms with van der Waals surface area (Å²) in [5.41, 5.74) is 7.97. The number of aromatic nitrogens is 1. The minimum absolute atomic E-state index is 0.0535. The van der Waals surface area contributed by atoms with E-state index in [9.17, 15) is 14.0 Å². The lowest BCUT2D eigenvalue weighted by molar-refractivity contribution is -0.126. The molecule has 0 saturated carbocycles. The Bertz CT molecular complexity index is 902. The van der Waals surface area contributed by atoms with Gasteiger partial charge in [-0.15, -0.1) is 0 Å². The molecule has 2 amide bonds. The van der Waals surface area contributed by atoms with Gasteiger partial charge in [0.1, 0.15) is 11.9 Å². The number of para-hydroxylation sites is 1. The molecule has 6 heteroatoms. The van der Waals surface area contributed by atoms with Gasteiger partial charge in [0.25, 0.3) is 0 Å². The number of benzene rings is 2. The highest BCUT2D eigenvalue weighted by molar-refractivity contribution is 5.89. The number of hydrogen-bond donors (Lipinski definition) is 3. The Morgan fingerprint density at radius 2 is 1.84 bits per heavy atom. The fraction of sp³-hybridized carbons (Fsp3) is 0.158. The third-order valence-corrected chi connectivity index (χ3v) is 4.06. The minimum Gasteiger partial charge on any atom is -0.368 e. The Labute approximate surface area is 144 Å². The van der Waals surface area contributed by atoms with Crippen LogP contribution in [0.3, 0.4) is 0 Å². The molecule has 5 nitrogen and oxygen atoms in total. The van der Waals surface area contributed by atoms with Crippen molar-refractivity contribution in [3.63, 3.8) is 0 Å². The zero-order valence-corrected chi connectivity index (χ0v) is 13.5. The van der Waals surface area contributed by atoms with Crippen molar-refractivity contribution in [1.29, 1.82) is 0 Å². The third kappa shape index (κ3) is 4.03. The molecule has 25 heavy (non-hydrogen) atoms. The van der Waals surface area contributed by atoms with Crippen molar-refractivity contribution in [3.05, 3.63) is 71.7 Å². The van der Waals surface area contributed by atoms with Crippen LogP contribution in [0, 0.1) is 5.82 Å². The maximum atomic E-state index is 12.9. The molecule has 0 aliphatic carbocycles. The monoisotopic (exact) mass is 339 g/mol. The molecule has 1 atom stereocenters. The van der Waals surface area contributed by atoms with Crippen LogP contribution in [-0.4, -0.2) is 22.8 Å². The first-order valence-corrected chi connectivity index (χ1v) is 7.91. The highest BCUT2D eigenvalue weighted by Crippen LogP contribution is 2.19. The van der Waals surface area contributed by atoms with Crippen LogP contribution in [0.2, 0.25) is 0 Å². The van der Waals surface area contributed by atoms with Crippen molar-refractivity contribution in [2.45, 2.75) is 18.9 Å². The number of hydrogen-bond acceptors (Lipinski definition) is 2. The van der Waals surface area contributed by atoms with E-state index in [0.717, 1.165) is 16.5 Å². The summed E-state index contributed by atoms with van der Waals surface area (Å²) < 4.78 is 12.9. The molecular weight excluding hydrogens is 321 g/mol. The fourth-order valence-corrected chi connectivity index (χ4v) is 2.78. The Morgan fingerprint density at radius 1 is 1.12 bits per heavy atom. The van der Waals surface area contributed by atoms with Crippen LogP contribution in [0.5, 0.6) is 0 Å². The van der Waals surface area contributed by atoms with E-state index in [4.69, 9.17) is 5.73 Å². The lowest BCUT2D eigenvalue weighted by atomic mass is 10.0. The van der Waals surface area contributed by atoms with Crippen molar-refractivity contribution >= 4 is 22.7 Å². The van der Waals surface area contributed by atoms with Crippen LogP contribution in [0.4, 0.5) is 4.39 Å². The smallest absolute Gasteiger partial charge is 0.240 e. The van der Waals surface area contributed by atoms with Crippen LogP contribution in [0.15, 0.2) is 54.7 Å². The van der Waals surface area contributed by atoms with Crippen molar-refractivity contribution in [2.75, 3.05) is 0 Å². The number of carbonyl (C=O) groups is 2. The van der Waals surface area contributed by atoms with E-state index < -0.39 is 11.9 Å². The van der Waals surface area contributed by atoms with Gasteiger partial charge in [0.2, 0.25) is 11.8 Å². The number of primary amides is 1. The van der Waals surface area contributed by atoms with E-state index in [0.29, 0.717) is 12.0 Å². The van der Waals surface area contributed by atoms with Gasteiger partial charge in [0.15, 0.2) is 0 Å². The molecule has 0 aliphatic rings. The number of aromatic amines is 1. The summed E-state index contributed by atoms with van der Waals surface area (Å²) in [5, 5.41) is 3.65. The molecule has 0 spiro atoms. The highest BCUT2D eigenvalue weighted by atomic mass is 19.1. The van der Waals surface area contributed by atoms with Crippen molar-refractivity contribution < 1.29 is 14.0 Å². The van der Waals surface area contributed by atoms with Crippen LogP contribution in [-0.2, 0) is 22.4 Å². The van der Waals surface area contributed by atoms with Gasteiger partial charge in [-0.3, -0.25) is 9.59 Å². The molecule has 128 valence electrons. The van der Waals surface area contributed by atoms with E-state index >= 15 is 0 Å². The first-order chi connectivity index (χ1) is 12.0. The second kappa shape index (κ2) is 7.17. The van der Waals surface area contributed by atoms with E-state index in [1.54, 1.807) is 0 Å². The van der Waals surface area contributed by atoms with Crippen LogP contribution >= 0.6 is 0 Å². The van der Waals surface area contributed by atoms with Gasteiger partial charge in [-0.2, -0.15) is 0 Å². The Hall–Kier alpha value is -3.15. The quantitative estimate of drug-likeness (QED) is 0.642. The minimum atomic E-state index is -0.813. The molecule has 0 radical (unpaired) electrons. The second-order valence-corrected chi connectivity index (χ2v) is 5.89. The van der Waals surface area contributed by atoms with Gasteiger partial charge in [-0.1, -0.05) is 30.3 Å². The molecule has 0 unspecified atom stereocenters. The maximum absolute atomic E-state index is 12.9. The van der Waals surface area contributed by atoms with Crippen molar-refractivity contribution in [3.8, 4) is 0 Å². The Balaban J connectivity index is 1.69. The summed E-state index contributed by atoms with van der Waals surface area (Å²) >= 11 is 0. The lowest BCUT2D eigenvalue weighted by Crippen LogP contribution is -2.46. The molecule has 3 rings (SSSR count). The van der Waals surface area contributed by atoms with Gasteiger partial charge in [-0.25, -0.2) is 4.39 Å². The number of fused-ring (bicyclic) bond motifs is 1. The van der Waals surface area contributed by atoms with Gasteiger partial charge in [0, 0.05) is 23.5 Å². The molecule has 0 bridgehead atoms. The first-order valence-electron chi connectivity index (χ1n) is 7.91. The van der Waals surface area contributed by atoms with E-state index in [-0.39, 0.29) is 18.1 Å². The number of H-pyrrole nitrogens is 1. The number of rotatable bonds is 6. The number of amides is 2.